The van der Waals surface area contributed by atoms with E-state index in [1.807, 2.05) is 0 Å². The van der Waals surface area contributed by atoms with E-state index in [9.17, 15) is 15.0 Å². The first kappa shape index (κ1) is 13.1. The highest BCUT2D eigenvalue weighted by Crippen LogP contribution is 2.38. The van der Waals surface area contributed by atoms with Gasteiger partial charge in [-0.1, -0.05) is 17.7 Å². The average Bonchev–Trinajstić information content (AvgIpc) is 2.88. The van der Waals surface area contributed by atoms with E-state index >= 15 is 0 Å². The molecule has 0 aromatic carbocycles. The fraction of sp³-hybridized carbons (Fsp3) is 0.538. The summed E-state index contributed by atoms with van der Waals surface area (Å²) >= 11 is 0. The second kappa shape index (κ2) is 4.92. The lowest BCUT2D eigenvalue weighted by molar-refractivity contribution is -0.0236. The molecule has 7 nitrogen and oxygen atoms in total. The number of aromatic nitrogens is 1. The van der Waals surface area contributed by atoms with Crippen molar-refractivity contribution in [3.63, 3.8) is 0 Å². The molecular formula is C13H17N3O4. The van der Waals surface area contributed by atoms with Crippen LogP contribution in [0.4, 0.5) is 10.6 Å². The highest BCUT2D eigenvalue weighted by atomic mass is 16.5. The molecular weight excluding hydrogens is 262 g/mol. The predicted octanol–water partition coefficient (Wildman–Crippen LogP) is 1.01. The molecule has 2 N–H and O–H groups in total. The highest BCUT2D eigenvalue weighted by molar-refractivity contribution is 5.94. The SMILES string of the molecule is C=CCN1C(=O)N(c2cc(C3CCC3)on2)C(O)C1O. The van der Waals surface area contributed by atoms with Gasteiger partial charge in [0.25, 0.3) is 0 Å². The number of nitrogens with zero attached hydrogens (tertiary/aromatic N) is 3. The van der Waals surface area contributed by atoms with Gasteiger partial charge in [0.2, 0.25) is 0 Å². The first-order valence-electron chi connectivity index (χ1n) is 6.67. The zero-order chi connectivity index (χ0) is 14.3. The van der Waals surface area contributed by atoms with Gasteiger partial charge in [-0.25, -0.2) is 9.69 Å². The van der Waals surface area contributed by atoms with Gasteiger partial charge in [0.05, 0.1) is 0 Å². The topological polar surface area (TPSA) is 90.0 Å². The Morgan fingerprint density at radius 1 is 1.45 bits per heavy atom. The molecule has 0 radical (unpaired) electrons. The van der Waals surface area contributed by atoms with Crippen LogP contribution in [0.5, 0.6) is 0 Å². The van der Waals surface area contributed by atoms with Crippen molar-refractivity contribution in [3.8, 4) is 0 Å². The average molecular weight is 279 g/mol. The normalized spacial score (nSPS) is 27.0. The first-order chi connectivity index (χ1) is 9.63. The standard InChI is InChI=1S/C13H17N3O4/c1-2-6-15-11(17)12(18)16(13(15)19)10-7-9(20-14-10)8-4-3-5-8/h2,7-8,11-12,17-18H,1,3-6H2. The van der Waals surface area contributed by atoms with Gasteiger partial charge in [0, 0.05) is 18.5 Å². The van der Waals surface area contributed by atoms with Crippen LogP contribution in [0.2, 0.25) is 0 Å². The summed E-state index contributed by atoms with van der Waals surface area (Å²) in [6, 6.07) is 1.15. The first-order valence-corrected chi connectivity index (χ1v) is 6.67. The van der Waals surface area contributed by atoms with E-state index in [0.717, 1.165) is 34.8 Å². The smallest absolute Gasteiger partial charge is 0.330 e. The van der Waals surface area contributed by atoms with Gasteiger partial charge in [-0.3, -0.25) is 4.90 Å². The number of rotatable bonds is 4. The monoisotopic (exact) mass is 279 g/mol. The maximum absolute atomic E-state index is 12.2. The molecule has 1 saturated heterocycles. The van der Waals surface area contributed by atoms with Crippen LogP contribution >= 0.6 is 0 Å². The second-order valence-corrected chi connectivity index (χ2v) is 5.14. The lowest BCUT2D eigenvalue weighted by atomic mass is 9.84. The molecule has 2 heterocycles. The van der Waals surface area contributed by atoms with Crippen LogP contribution in [0.15, 0.2) is 23.2 Å². The van der Waals surface area contributed by atoms with E-state index in [-0.39, 0.29) is 12.4 Å². The zero-order valence-corrected chi connectivity index (χ0v) is 11.0. The van der Waals surface area contributed by atoms with E-state index in [4.69, 9.17) is 4.52 Å². The minimum Gasteiger partial charge on any atom is -0.369 e. The van der Waals surface area contributed by atoms with Crippen LogP contribution in [0, 0.1) is 0 Å². The Kier molecular flexibility index (Phi) is 3.23. The molecule has 108 valence electrons. The van der Waals surface area contributed by atoms with Crippen LogP contribution in [0.1, 0.15) is 30.9 Å². The number of carbonyl (C=O) groups is 1. The summed E-state index contributed by atoms with van der Waals surface area (Å²) in [6.07, 6.45) is 2.09. The lowest BCUT2D eigenvalue weighted by Crippen LogP contribution is -2.37. The summed E-state index contributed by atoms with van der Waals surface area (Å²) in [7, 11) is 0. The Morgan fingerprint density at radius 2 is 2.20 bits per heavy atom. The number of aliphatic hydroxyl groups is 2. The summed E-state index contributed by atoms with van der Waals surface area (Å²) in [6.45, 7) is 3.68. The molecule has 0 spiro atoms. The molecule has 2 unspecified atom stereocenters. The number of urea groups is 1. The maximum Gasteiger partial charge on any atom is 0.330 e. The number of hydrogen-bond donors (Lipinski definition) is 2. The zero-order valence-electron chi connectivity index (χ0n) is 11.0. The number of anilines is 1. The lowest BCUT2D eigenvalue weighted by Gasteiger charge is -2.21. The van der Waals surface area contributed by atoms with Crippen LogP contribution in [-0.4, -0.2) is 45.3 Å². The fourth-order valence-corrected chi connectivity index (χ4v) is 2.50. The van der Waals surface area contributed by atoms with E-state index in [1.165, 1.54) is 6.08 Å². The van der Waals surface area contributed by atoms with Crippen molar-refractivity contribution in [2.45, 2.75) is 37.6 Å². The van der Waals surface area contributed by atoms with Gasteiger partial charge in [-0.15, -0.1) is 6.58 Å². The van der Waals surface area contributed by atoms with Crippen molar-refractivity contribution >= 4 is 11.8 Å². The van der Waals surface area contributed by atoms with Crippen molar-refractivity contribution < 1.29 is 19.5 Å². The third-order valence-corrected chi connectivity index (χ3v) is 3.90. The van der Waals surface area contributed by atoms with E-state index in [2.05, 4.69) is 11.7 Å². The van der Waals surface area contributed by atoms with Crippen LogP contribution in [0.25, 0.3) is 0 Å². The molecule has 2 atom stereocenters. The molecule has 1 saturated carbocycles. The third-order valence-electron chi connectivity index (χ3n) is 3.90. The Labute approximate surface area is 116 Å². The van der Waals surface area contributed by atoms with Gasteiger partial charge in [0.15, 0.2) is 18.3 Å². The predicted molar refractivity (Wildman–Crippen MR) is 69.9 cm³/mol. The molecule has 7 heteroatoms. The Bertz CT molecular complexity index is 525. The molecule has 1 aromatic heterocycles. The molecule has 3 rings (SSSR count). The van der Waals surface area contributed by atoms with E-state index in [0.29, 0.717) is 5.92 Å². The highest BCUT2D eigenvalue weighted by Gasteiger charge is 2.45. The van der Waals surface area contributed by atoms with Gasteiger partial charge in [-0.2, -0.15) is 0 Å². The molecule has 0 bridgehead atoms. The van der Waals surface area contributed by atoms with Crippen molar-refractivity contribution in [1.82, 2.24) is 10.1 Å². The number of carbonyl (C=O) groups excluding carboxylic acids is 1. The van der Waals surface area contributed by atoms with Crippen molar-refractivity contribution in [2.75, 3.05) is 11.4 Å². The molecule has 2 fully saturated rings. The molecule has 20 heavy (non-hydrogen) atoms. The van der Waals surface area contributed by atoms with Crippen LogP contribution in [-0.2, 0) is 0 Å². The fourth-order valence-electron chi connectivity index (χ4n) is 2.50. The summed E-state index contributed by atoms with van der Waals surface area (Å²) in [5, 5.41) is 23.7. The molecule has 2 aliphatic rings. The van der Waals surface area contributed by atoms with Gasteiger partial charge < -0.3 is 14.7 Å². The van der Waals surface area contributed by atoms with Gasteiger partial charge in [0.1, 0.15) is 5.76 Å². The second-order valence-electron chi connectivity index (χ2n) is 5.14. The molecule has 1 aliphatic carbocycles. The minimum atomic E-state index is -1.36. The number of aliphatic hydroxyl groups excluding tert-OH is 2. The van der Waals surface area contributed by atoms with Crippen LogP contribution in [0.3, 0.4) is 0 Å². The summed E-state index contributed by atoms with van der Waals surface area (Å²) in [5.74, 6) is 1.30. The molecule has 1 aliphatic heterocycles. The molecule has 2 amide bonds. The van der Waals surface area contributed by atoms with Crippen LogP contribution < -0.4 is 4.90 Å². The number of hydrogen-bond acceptors (Lipinski definition) is 5. The molecule has 1 aromatic rings. The summed E-state index contributed by atoms with van der Waals surface area (Å²) < 4.78 is 5.23. The van der Waals surface area contributed by atoms with Crippen molar-refractivity contribution in [2.24, 2.45) is 0 Å². The number of amides is 2. The minimum absolute atomic E-state index is 0.154. The summed E-state index contributed by atoms with van der Waals surface area (Å²) in [5.41, 5.74) is 0. The quantitative estimate of drug-likeness (QED) is 0.803. The Morgan fingerprint density at radius 3 is 2.80 bits per heavy atom. The van der Waals surface area contributed by atoms with E-state index < -0.39 is 18.5 Å². The van der Waals surface area contributed by atoms with Gasteiger partial charge in [-0.05, 0) is 12.8 Å². The van der Waals surface area contributed by atoms with Crippen molar-refractivity contribution in [3.05, 3.63) is 24.5 Å². The van der Waals surface area contributed by atoms with Gasteiger partial charge >= 0.3 is 6.03 Å². The van der Waals surface area contributed by atoms with Crippen molar-refractivity contribution in [1.29, 1.82) is 0 Å². The Hall–Kier alpha value is -1.86. The summed E-state index contributed by atoms with van der Waals surface area (Å²) in [4.78, 5) is 14.3. The Balaban J connectivity index is 1.83. The third kappa shape index (κ3) is 1.90. The maximum atomic E-state index is 12.2. The van der Waals surface area contributed by atoms with E-state index in [1.54, 1.807) is 6.07 Å². The largest absolute Gasteiger partial charge is 0.369 e.